The maximum absolute atomic E-state index is 13.0. The molecule has 2 heterocycles. The molecule has 7 heteroatoms. The summed E-state index contributed by atoms with van der Waals surface area (Å²) >= 11 is 1.45. The number of nitrogens with zero attached hydrogens (tertiary/aromatic N) is 1. The first kappa shape index (κ1) is 25.3. The Labute approximate surface area is 221 Å². The fourth-order valence-corrected chi connectivity index (χ4v) is 6.13. The number of pyridine rings is 1. The number of hydrogen-bond acceptors (Lipinski definition) is 5. The molecular formula is C30H34N2O4S. The van der Waals surface area contributed by atoms with E-state index in [1.54, 1.807) is 7.11 Å². The molecule has 0 radical (unpaired) electrons. The van der Waals surface area contributed by atoms with Crippen molar-refractivity contribution in [3.05, 3.63) is 63.8 Å². The lowest BCUT2D eigenvalue weighted by Crippen LogP contribution is -2.43. The van der Waals surface area contributed by atoms with Gasteiger partial charge in [-0.2, -0.15) is 0 Å². The van der Waals surface area contributed by atoms with E-state index in [0.29, 0.717) is 11.2 Å². The number of hydrogen-bond donors (Lipinski definition) is 1. The number of H-pyrrole nitrogens is 1. The Kier molecular flexibility index (Phi) is 6.99. The summed E-state index contributed by atoms with van der Waals surface area (Å²) in [5, 5.41) is 3.87. The van der Waals surface area contributed by atoms with Gasteiger partial charge in [0.05, 0.1) is 7.11 Å². The summed E-state index contributed by atoms with van der Waals surface area (Å²) in [5.41, 5.74) is 3.36. The molecule has 0 spiro atoms. The van der Waals surface area contributed by atoms with Gasteiger partial charge >= 0.3 is 6.09 Å². The first-order valence-corrected chi connectivity index (χ1v) is 13.8. The standard InChI is InChI=1S/C30H34N2O4S/c1-30(2,3)36-29(34)32(21-7-5-6-8-21)17-15-19-9-11-20(12-10-19)25-24(35-4)14-13-23-26(25)22-16-18-37-27(22)28(33)31-23/h9-14,16,18,21H,5-8,15,17H2,1-4H3,(H,31,33). The van der Waals surface area contributed by atoms with E-state index < -0.39 is 5.60 Å². The van der Waals surface area contributed by atoms with Crippen LogP contribution >= 0.6 is 11.3 Å². The van der Waals surface area contributed by atoms with E-state index in [2.05, 4.69) is 29.2 Å². The van der Waals surface area contributed by atoms with Crippen molar-refractivity contribution < 1.29 is 14.3 Å². The lowest BCUT2D eigenvalue weighted by molar-refractivity contribution is 0.0168. The highest BCUT2D eigenvalue weighted by molar-refractivity contribution is 7.17. The van der Waals surface area contributed by atoms with E-state index in [1.165, 1.54) is 11.3 Å². The molecule has 2 aromatic carbocycles. The van der Waals surface area contributed by atoms with Crippen molar-refractivity contribution in [2.45, 2.75) is 64.5 Å². The van der Waals surface area contributed by atoms with Crippen LogP contribution in [-0.2, 0) is 11.2 Å². The van der Waals surface area contributed by atoms with Crippen LogP contribution in [0.3, 0.4) is 0 Å². The van der Waals surface area contributed by atoms with Crippen molar-refractivity contribution in [2.24, 2.45) is 0 Å². The summed E-state index contributed by atoms with van der Waals surface area (Å²) < 4.78 is 12.2. The highest BCUT2D eigenvalue weighted by Gasteiger charge is 2.30. The molecule has 5 rings (SSSR count). The summed E-state index contributed by atoms with van der Waals surface area (Å²) in [6.07, 6.45) is 4.94. The van der Waals surface area contributed by atoms with Crippen molar-refractivity contribution in [1.29, 1.82) is 0 Å². The highest BCUT2D eigenvalue weighted by Crippen LogP contribution is 2.40. The molecule has 6 nitrogen and oxygen atoms in total. The van der Waals surface area contributed by atoms with Crippen LogP contribution in [0.2, 0.25) is 0 Å². The van der Waals surface area contributed by atoms with E-state index in [4.69, 9.17) is 9.47 Å². The average molecular weight is 519 g/mol. The predicted octanol–water partition coefficient (Wildman–Crippen LogP) is 7.14. The highest BCUT2D eigenvalue weighted by atomic mass is 32.1. The number of carbonyl (C=O) groups excluding carboxylic acids is 1. The average Bonchev–Trinajstić information content (AvgIpc) is 3.56. The van der Waals surface area contributed by atoms with E-state index in [-0.39, 0.29) is 17.7 Å². The number of benzene rings is 2. The Balaban J connectivity index is 1.44. The first-order valence-electron chi connectivity index (χ1n) is 12.9. The zero-order chi connectivity index (χ0) is 26.2. The number of rotatable bonds is 6. The Bertz CT molecular complexity index is 1470. The van der Waals surface area contributed by atoms with Crippen molar-refractivity contribution in [3.8, 4) is 16.9 Å². The third-order valence-corrected chi connectivity index (χ3v) is 7.97. The molecule has 4 aromatic rings. The van der Waals surface area contributed by atoms with E-state index >= 15 is 0 Å². The molecule has 194 valence electrons. The van der Waals surface area contributed by atoms with Gasteiger partial charge < -0.3 is 19.4 Å². The third kappa shape index (κ3) is 5.23. The zero-order valence-corrected chi connectivity index (χ0v) is 22.7. The van der Waals surface area contributed by atoms with Crippen LogP contribution in [0.1, 0.15) is 52.0 Å². The smallest absolute Gasteiger partial charge is 0.410 e. The van der Waals surface area contributed by atoms with Crippen LogP contribution in [0.4, 0.5) is 4.79 Å². The quantitative estimate of drug-likeness (QED) is 0.294. The summed E-state index contributed by atoms with van der Waals surface area (Å²) in [4.78, 5) is 30.5. The van der Waals surface area contributed by atoms with Gasteiger partial charge in [0.2, 0.25) is 0 Å². The molecule has 0 atom stereocenters. The molecule has 1 saturated carbocycles. The van der Waals surface area contributed by atoms with Crippen LogP contribution < -0.4 is 10.3 Å². The molecule has 1 amide bonds. The largest absolute Gasteiger partial charge is 0.496 e. The van der Waals surface area contributed by atoms with E-state index in [1.807, 2.05) is 49.3 Å². The summed E-state index contributed by atoms with van der Waals surface area (Å²) in [6, 6.07) is 14.5. The van der Waals surface area contributed by atoms with E-state index in [0.717, 1.165) is 70.8 Å². The summed E-state index contributed by atoms with van der Waals surface area (Å²) in [7, 11) is 1.67. The monoisotopic (exact) mass is 518 g/mol. The fraction of sp³-hybridized carbons (Fsp3) is 0.400. The zero-order valence-electron chi connectivity index (χ0n) is 21.9. The lowest BCUT2D eigenvalue weighted by Gasteiger charge is -2.31. The normalized spacial score (nSPS) is 14.4. The molecule has 2 aromatic heterocycles. The van der Waals surface area contributed by atoms with Crippen LogP contribution in [0, 0.1) is 0 Å². The molecular weight excluding hydrogens is 484 g/mol. The van der Waals surface area contributed by atoms with Crippen LogP contribution in [-0.4, -0.2) is 41.3 Å². The number of ether oxygens (including phenoxy) is 2. The van der Waals surface area contributed by atoms with Gasteiger partial charge in [0.15, 0.2) is 0 Å². The number of amides is 1. The molecule has 0 saturated heterocycles. The minimum Gasteiger partial charge on any atom is -0.496 e. The number of nitrogens with one attached hydrogen (secondary N) is 1. The number of methoxy groups -OCH3 is 1. The van der Waals surface area contributed by atoms with Crippen LogP contribution in [0.25, 0.3) is 32.1 Å². The molecule has 1 aliphatic carbocycles. The summed E-state index contributed by atoms with van der Waals surface area (Å²) in [5.74, 6) is 0.761. The van der Waals surface area contributed by atoms with Crippen molar-refractivity contribution >= 4 is 38.4 Å². The molecule has 1 N–H and O–H groups in total. The second-order valence-corrected chi connectivity index (χ2v) is 11.7. The Morgan fingerprint density at radius 2 is 1.81 bits per heavy atom. The maximum Gasteiger partial charge on any atom is 0.410 e. The van der Waals surface area contributed by atoms with Crippen molar-refractivity contribution in [3.63, 3.8) is 0 Å². The Morgan fingerprint density at radius 1 is 1.08 bits per heavy atom. The first-order chi connectivity index (χ1) is 17.7. The Morgan fingerprint density at radius 3 is 2.49 bits per heavy atom. The number of thiophene rings is 1. The maximum atomic E-state index is 13.0. The van der Waals surface area contributed by atoms with Gasteiger partial charge in [0.25, 0.3) is 5.56 Å². The second-order valence-electron chi connectivity index (χ2n) is 10.7. The van der Waals surface area contributed by atoms with E-state index in [9.17, 15) is 9.59 Å². The molecule has 0 bridgehead atoms. The van der Waals surface area contributed by atoms with Gasteiger partial charge in [-0.1, -0.05) is 37.1 Å². The van der Waals surface area contributed by atoms with Crippen LogP contribution in [0.15, 0.2) is 52.6 Å². The van der Waals surface area contributed by atoms with Gasteiger partial charge in [-0.05, 0) is 74.7 Å². The Hall–Kier alpha value is -3.32. The van der Waals surface area contributed by atoms with Crippen molar-refractivity contribution in [2.75, 3.05) is 13.7 Å². The van der Waals surface area contributed by atoms with Gasteiger partial charge in [-0.25, -0.2) is 4.79 Å². The van der Waals surface area contributed by atoms with Gasteiger partial charge in [-0.15, -0.1) is 11.3 Å². The number of fused-ring (bicyclic) bond motifs is 3. The second kappa shape index (κ2) is 10.2. The predicted molar refractivity (Wildman–Crippen MR) is 151 cm³/mol. The molecule has 1 fully saturated rings. The van der Waals surface area contributed by atoms with Gasteiger partial charge in [0, 0.05) is 34.4 Å². The molecule has 0 unspecified atom stereocenters. The number of aromatic nitrogens is 1. The third-order valence-electron chi connectivity index (χ3n) is 7.05. The number of carbonyl (C=O) groups is 1. The summed E-state index contributed by atoms with van der Waals surface area (Å²) in [6.45, 7) is 6.37. The van der Waals surface area contributed by atoms with Gasteiger partial charge in [0.1, 0.15) is 16.1 Å². The van der Waals surface area contributed by atoms with Crippen molar-refractivity contribution in [1.82, 2.24) is 9.88 Å². The minimum atomic E-state index is -0.509. The minimum absolute atomic E-state index is 0.0687. The SMILES string of the molecule is COc1ccc2[nH]c(=O)c3sccc3c2c1-c1ccc(CCN(C(=O)OC(C)(C)C)C2CCCC2)cc1. The molecule has 37 heavy (non-hydrogen) atoms. The lowest BCUT2D eigenvalue weighted by atomic mass is 9.96. The topological polar surface area (TPSA) is 71.6 Å². The van der Waals surface area contributed by atoms with Crippen LogP contribution in [0.5, 0.6) is 5.75 Å². The molecule has 0 aliphatic heterocycles. The fourth-order valence-electron chi connectivity index (χ4n) is 5.33. The molecule has 1 aliphatic rings. The number of aromatic amines is 1. The van der Waals surface area contributed by atoms with Gasteiger partial charge in [-0.3, -0.25) is 4.79 Å².